The number of aromatic nitrogens is 2. The van der Waals surface area contributed by atoms with Crippen LogP contribution in [0, 0.1) is 5.92 Å². The fourth-order valence-corrected chi connectivity index (χ4v) is 3.28. The molecule has 1 amide bonds. The van der Waals surface area contributed by atoms with Gasteiger partial charge in [-0.2, -0.15) is 0 Å². The number of aliphatic hydroxyl groups is 1. The van der Waals surface area contributed by atoms with Gasteiger partial charge in [0.05, 0.1) is 0 Å². The molecule has 3 rings (SSSR count). The Kier molecular flexibility index (Phi) is 4.87. The van der Waals surface area contributed by atoms with Crippen LogP contribution in [0.1, 0.15) is 42.6 Å². The number of rotatable bonds is 3. The molecule has 6 nitrogen and oxygen atoms in total. The molecule has 120 valence electrons. The summed E-state index contributed by atoms with van der Waals surface area (Å²) in [6.45, 7) is 3.54. The van der Waals surface area contributed by atoms with Crippen molar-refractivity contribution in [2.24, 2.45) is 5.92 Å². The minimum absolute atomic E-state index is 0.0687. The van der Waals surface area contributed by atoms with Crippen molar-refractivity contribution in [2.75, 3.05) is 37.7 Å². The van der Waals surface area contributed by atoms with E-state index in [-0.39, 0.29) is 18.4 Å². The second-order valence-electron chi connectivity index (χ2n) is 6.27. The molecule has 3 heterocycles. The maximum Gasteiger partial charge on any atom is 0.274 e. The van der Waals surface area contributed by atoms with Crippen LogP contribution in [0.15, 0.2) is 12.1 Å². The molecular weight excluding hydrogens is 280 g/mol. The Balaban J connectivity index is 1.68. The zero-order chi connectivity index (χ0) is 15.4. The molecular formula is C16H24N4O2. The summed E-state index contributed by atoms with van der Waals surface area (Å²) < 4.78 is 0. The van der Waals surface area contributed by atoms with Gasteiger partial charge in [-0.3, -0.25) is 4.79 Å². The van der Waals surface area contributed by atoms with Crippen LogP contribution in [0.3, 0.4) is 0 Å². The number of likely N-dealkylation sites (tertiary alicyclic amines) is 1. The molecule has 0 saturated carbocycles. The molecule has 1 aromatic rings. The van der Waals surface area contributed by atoms with Gasteiger partial charge in [-0.25, -0.2) is 0 Å². The molecule has 2 aliphatic heterocycles. The van der Waals surface area contributed by atoms with Crippen molar-refractivity contribution in [3.63, 3.8) is 0 Å². The summed E-state index contributed by atoms with van der Waals surface area (Å²) in [6, 6.07) is 3.68. The largest absolute Gasteiger partial charge is 0.396 e. The molecule has 1 N–H and O–H groups in total. The lowest BCUT2D eigenvalue weighted by Crippen LogP contribution is -2.36. The maximum atomic E-state index is 12.6. The smallest absolute Gasteiger partial charge is 0.274 e. The lowest BCUT2D eigenvalue weighted by atomic mass is 10.1. The lowest BCUT2D eigenvalue weighted by molar-refractivity contribution is 0.0713. The number of aliphatic hydroxyl groups excluding tert-OH is 1. The molecule has 2 fully saturated rings. The quantitative estimate of drug-likeness (QED) is 0.912. The van der Waals surface area contributed by atoms with Crippen LogP contribution in [0.4, 0.5) is 5.82 Å². The molecule has 1 atom stereocenters. The fourth-order valence-electron chi connectivity index (χ4n) is 3.28. The van der Waals surface area contributed by atoms with E-state index in [1.54, 1.807) is 6.07 Å². The standard InChI is InChI=1S/C16H24N4O2/c21-12-13-5-1-2-10-20(11-13)16(22)14-6-7-15(18-17-14)19-8-3-4-9-19/h6-7,13,21H,1-5,8-12H2. The average molecular weight is 304 g/mol. The van der Waals surface area contributed by atoms with Crippen LogP contribution in [-0.2, 0) is 0 Å². The number of carbonyl (C=O) groups is 1. The second kappa shape index (κ2) is 7.05. The molecule has 6 heteroatoms. The van der Waals surface area contributed by atoms with Gasteiger partial charge in [0, 0.05) is 32.8 Å². The summed E-state index contributed by atoms with van der Waals surface area (Å²) in [5.74, 6) is 0.974. The zero-order valence-electron chi connectivity index (χ0n) is 12.9. The highest BCUT2D eigenvalue weighted by molar-refractivity contribution is 5.92. The van der Waals surface area contributed by atoms with Gasteiger partial charge < -0.3 is 14.9 Å². The highest BCUT2D eigenvalue weighted by Gasteiger charge is 2.24. The van der Waals surface area contributed by atoms with Gasteiger partial charge in [-0.15, -0.1) is 10.2 Å². The first kappa shape index (κ1) is 15.2. The summed E-state index contributed by atoms with van der Waals surface area (Å²) >= 11 is 0. The summed E-state index contributed by atoms with van der Waals surface area (Å²) in [5.41, 5.74) is 0.404. The minimum Gasteiger partial charge on any atom is -0.396 e. The van der Waals surface area contributed by atoms with Crippen LogP contribution in [0.2, 0.25) is 0 Å². The van der Waals surface area contributed by atoms with Gasteiger partial charge in [0.1, 0.15) is 0 Å². The van der Waals surface area contributed by atoms with Crippen molar-refractivity contribution in [2.45, 2.75) is 32.1 Å². The van der Waals surface area contributed by atoms with Crippen molar-refractivity contribution >= 4 is 11.7 Å². The average Bonchev–Trinajstić information content (AvgIpc) is 2.99. The Hall–Kier alpha value is -1.69. The van der Waals surface area contributed by atoms with E-state index in [2.05, 4.69) is 15.1 Å². The van der Waals surface area contributed by atoms with Crippen molar-refractivity contribution in [3.8, 4) is 0 Å². The Labute approximate surface area is 131 Å². The van der Waals surface area contributed by atoms with E-state index in [1.807, 2.05) is 11.0 Å². The lowest BCUT2D eigenvalue weighted by Gasteiger charge is -2.23. The molecule has 0 aromatic carbocycles. The van der Waals surface area contributed by atoms with Crippen LogP contribution in [0.25, 0.3) is 0 Å². The van der Waals surface area contributed by atoms with E-state index in [0.29, 0.717) is 12.2 Å². The van der Waals surface area contributed by atoms with Crippen LogP contribution in [-0.4, -0.2) is 58.9 Å². The van der Waals surface area contributed by atoms with Crippen molar-refractivity contribution < 1.29 is 9.90 Å². The van der Waals surface area contributed by atoms with E-state index in [4.69, 9.17) is 0 Å². The fraction of sp³-hybridized carbons (Fsp3) is 0.688. The Morgan fingerprint density at radius 3 is 2.59 bits per heavy atom. The van der Waals surface area contributed by atoms with Gasteiger partial charge in [0.2, 0.25) is 0 Å². The zero-order valence-corrected chi connectivity index (χ0v) is 12.9. The Morgan fingerprint density at radius 1 is 1.14 bits per heavy atom. The van der Waals surface area contributed by atoms with E-state index >= 15 is 0 Å². The summed E-state index contributed by atoms with van der Waals surface area (Å²) in [4.78, 5) is 16.6. The molecule has 2 saturated heterocycles. The highest BCUT2D eigenvalue weighted by atomic mass is 16.3. The SMILES string of the molecule is O=C(c1ccc(N2CCCC2)nn1)N1CCCCC(CO)C1. The number of hydrogen-bond acceptors (Lipinski definition) is 5. The predicted molar refractivity (Wildman–Crippen MR) is 83.8 cm³/mol. The molecule has 1 unspecified atom stereocenters. The molecule has 22 heavy (non-hydrogen) atoms. The van der Waals surface area contributed by atoms with Crippen LogP contribution >= 0.6 is 0 Å². The molecule has 0 spiro atoms. The number of carbonyl (C=O) groups excluding carboxylic acids is 1. The van der Waals surface area contributed by atoms with Gasteiger partial charge in [-0.05, 0) is 43.7 Å². The first-order valence-electron chi connectivity index (χ1n) is 8.27. The summed E-state index contributed by atoms with van der Waals surface area (Å²) in [5, 5.41) is 17.7. The van der Waals surface area contributed by atoms with E-state index < -0.39 is 0 Å². The molecule has 0 bridgehead atoms. The van der Waals surface area contributed by atoms with E-state index in [9.17, 15) is 9.90 Å². The molecule has 2 aliphatic rings. The summed E-state index contributed by atoms with van der Waals surface area (Å²) in [7, 11) is 0. The van der Waals surface area contributed by atoms with Gasteiger partial charge in [0.25, 0.3) is 5.91 Å². The topological polar surface area (TPSA) is 69.6 Å². The minimum atomic E-state index is -0.0687. The molecule has 0 radical (unpaired) electrons. The predicted octanol–water partition coefficient (Wildman–Crippen LogP) is 1.31. The van der Waals surface area contributed by atoms with E-state index in [1.165, 1.54) is 12.8 Å². The van der Waals surface area contributed by atoms with Crippen molar-refractivity contribution in [3.05, 3.63) is 17.8 Å². The van der Waals surface area contributed by atoms with Gasteiger partial charge >= 0.3 is 0 Å². The van der Waals surface area contributed by atoms with E-state index in [0.717, 1.165) is 44.7 Å². The Bertz CT molecular complexity index is 499. The molecule has 0 aliphatic carbocycles. The third kappa shape index (κ3) is 3.38. The van der Waals surface area contributed by atoms with Crippen molar-refractivity contribution in [1.29, 1.82) is 0 Å². The number of hydrogen-bond donors (Lipinski definition) is 1. The maximum absolute atomic E-state index is 12.6. The first-order valence-corrected chi connectivity index (χ1v) is 8.27. The van der Waals surface area contributed by atoms with Crippen molar-refractivity contribution in [1.82, 2.24) is 15.1 Å². The number of amides is 1. The van der Waals surface area contributed by atoms with Crippen LogP contribution in [0.5, 0.6) is 0 Å². The number of anilines is 1. The normalized spacial score (nSPS) is 22.7. The number of nitrogens with zero attached hydrogens (tertiary/aromatic N) is 4. The monoisotopic (exact) mass is 304 g/mol. The third-order valence-corrected chi connectivity index (χ3v) is 4.61. The van der Waals surface area contributed by atoms with Gasteiger partial charge in [-0.1, -0.05) is 6.42 Å². The summed E-state index contributed by atoms with van der Waals surface area (Å²) in [6.07, 6.45) is 5.42. The third-order valence-electron chi connectivity index (χ3n) is 4.61. The van der Waals surface area contributed by atoms with Crippen LogP contribution < -0.4 is 4.90 Å². The highest BCUT2D eigenvalue weighted by Crippen LogP contribution is 2.19. The Morgan fingerprint density at radius 2 is 1.91 bits per heavy atom. The molecule has 1 aromatic heterocycles. The second-order valence-corrected chi connectivity index (χ2v) is 6.27. The van der Waals surface area contributed by atoms with Gasteiger partial charge in [0.15, 0.2) is 11.5 Å². The first-order chi connectivity index (χ1) is 10.8.